The molecule has 24 heteroatoms. The monoisotopic (exact) mass is 915 g/mol. The second-order valence-electron chi connectivity index (χ2n) is 14.1. The minimum atomic E-state index is -1.59. The number of carbonyl (C=O) groups excluding carboxylic acids is 3. The highest BCUT2D eigenvalue weighted by Gasteiger charge is 2.26. The van der Waals surface area contributed by atoms with Gasteiger partial charge in [0, 0.05) is 19.6 Å². The van der Waals surface area contributed by atoms with Crippen molar-refractivity contribution in [1.82, 2.24) is 16.0 Å². The summed E-state index contributed by atoms with van der Waals surface area (Å²) in [4.78, 5) is 110. The number of anilines is 6. The standard InChI is InChI=1S/C42H45N9O15/c1-4-16-25(13-46-40(64)49-31-10-22(37(58)59)19(34(52)53)7-28(31)43)17(5-2)27(15-48-42(66)51-33-12-24(39(62)63)21(36(56)57)9-30(33)45)18(6-3)26(16)14-47-41(65)50-32-11-23(38(60)61)20(35(54)55)8-29(32)44/h7-12H,4-6,13-15,43-45H2,1-3H3,(H,52,53)(H,54,55)(H,56,57)(H,58,59)(H,60,61)(H,62,63)(H2,46,49,64)(H2,47,50,65)(H2,48,51,66). The van der Waals surface area contributed by atoms with E-state index in [-0.39, 0.29) is 53.8 Å². The van der Waals surface area contributed by atoms with Gasteiger partial charge in [0.1, 0.15) is 0 Å². The topological polar surface area (TPSA) is 425 Å². The Hall–Kier alpha value is -9.09. The van der Waals surface area contributed by atoms with E-state index in [0.717, 1.165) is 36.4 Å². The van der Waals surface area contributed by atoms with Crippen LogP contribution in [0.5, 0.6) is 0 Å². The van der Waals surface area contributed by atoms with Crippen molar-refractivity contribution >= 4 is 88.0 Å². The molecule has 0 aliphatic carbocycles. The molecule has 24 nitrogen and oxygen atoms in total. The van der Waals surface area contributed by atoms with Gasteiger partial charge in [0.05, 0.1) is 67.5 Å². The molecule has 0 saturated heterocycles. The van der Waals surface area contributed by atoms with Crippen LogP contribution < -0.4 is 49.1 Å². The molecule has 348 valence electrons. The molecule has 0 bridgehead atoms. The Kier molecular flexibility index (Phi) is 15.7. The zero-order valence-electron chi connectivity index (χ0n) is 35.3. The summed E-state index contributed by atoms with van der Waals surface area (Å²) in [6.45, 7) is 4.76. The van der Waals surface area contributed by atoms with Crippen molar-refractivity contribution in [2.75, 3.05) is 33.2 Å². The maximum absolute atomic E-state index is 13.4. The predicted molar refractivity (Wildman–Crippen MR) is 236 cm³/mol. The van der Waals surface area contributed by atoms with Crippen molar-refractivity contribution in [2.45, 2.75) is 59.7 Å². The van der Waals surface area contributed by atoms with Crippen LogP contribution in [-0.4, -0.2) is 84.5 Å². The maximum Gasteiger partial charge on any atom is 0.336 e. The van der Waals surface area contributed by atoms with E-state index >= 15 is 0 Å². The van der Waals surface area contributed by atoms with Gasteiger partial charge in [-0.1, -0.05) is 20.8 Å². The van der Waals surface area contributed by atoms with Gasteiger partial charge >= 0.3 is 53.9 Å². The van der Waals surface area contributed by atoms with Crippen molar-refractivity contribution in [2.24, 2.45) is 0 Å². The zero-order valence-corrected chi connectivity index (χ0v) is 35.3. The number of rotatable bonds is 18. The number of carboxylic acid groups (broad SMARTS) is 6. The second kappa shape index (κ2) is 20.9. The molecule has 4 aromatic carbocycles. The molecule has 6 amide bonds. The van der Waals surface area contributed by atoms with Gasteiger partial charge < -0.3 is 79.7 Å². The minimum absolute atomic E-state index is 0.211. The van der Waals surface area contributed by atoms with E-state index in [0.29, 0.717) is 52.6 Å². The summed E-state index contributed by atoms with van der Waals surface area (Å²) in [6.07, 6.45) is 0.917. The highest BCUT2D eigenvalue weighted by atomic mass is 16.4. The Bertz CT molecular complexity index is 2410. The van der Waals surface area contributed by atoms with E-state index in [4.69, 9.17) is 17.2 Å². The van der Waals surface area contributed by atoms with Gasteiger partial charge in [0.2, 0.25) is 0 Å². The number of aromatic carboxylic acids is 6. The smallest absolute Gasteiger partial charge is 0.336 e. The van der Waals surface area contributed by atoms with Crippen LogP contribution in [-0.2, 0) is 38.9 Å². The molecular formula is C42H45N9O15. The average Bonchev–Trinajstić information content (AvgIpc) is 3.24. The number of carbonyl (C=O) groups is 9. The molecule has 0 fully saturated rings. The Morgan fingerprint density at radius 2 is 0.561 bits per heavy atom. The number of hydrogen-bond acceptors (Lipinski definition) is 12. The number of nitrogens with two attached hydrogens (primary N) is 3. The van der Waals surface area contributed by atoms with Gasteiger partial charge in [-0.2, -0.15) is 0 Å². The van der Waals surface area contributed by atoms with Crippen molar-refractivity contribution in [3.8, 4) is 0 Å². The molecule has 0 heterocycles. The molecule has 0 atom stereocenters. The van der Waals surface area contributed by atoms with Gasteiger partial charge in [-0.25, -0.2) is 43.2 Å². The number of nitrogens with one attached hydrogen (secondary N) is 6. The lowest BCUT2D eigenvalue weighted by Crippen LogP contribution is -2.33. The lowest BCUT2D eigenvalue weighted by atomic mass is 9.83. The Labute approximate surface area is 373 Å². The Balaban J connectivity index is 1.75. The molecule has 0 radical (unpaired) electrons. The van der Waals surface area contributed by atoms with E-state index in [1.54, 1.807) is 20.8 Å². The molecule has 4 rings (SSSR count). The largest absolute Gasteiger partial charge is 0.478 e. The SMILES string of the molecule is CCc1c(CNC(=O)Nc2cc(C(=O)O)c(C(=O)O)cc2N)c(CC)c(CNC(=O)Nc2cc(C(=O)O)c(C(=O)O)cc2N)c(CC)c1CNC(=O)Nc1cc(C(=O)O)c(C(=O)O)cc1N. The summed E-state index contributed by atoms with van der Waals surface area (Å²) < 4.78 is 0. The highest BCUT2D eigenvalue weighted by molar-refractivity contribution is 6.07. The van der Waals surface area contributed by atoms with Gasteiger partial charge in [0.15, 0.2) is 0 Å². The number of hydrogen-bond donors (Lipinski definition) is 15. The molecule has 0 saturated carbocycles. The lowest BCUT2D eigenvalue weighted by Gasteiger charge is -2.27. The normalized spacial score (nSPS) is 10.6. The first-order valence-electron chi connectivity index (χ1n) is 19.6. The fourth-order valence-corrected chi connectivity index (χ4v) is 7.25. The van der Waals surface area contributed by atoms with Crippen molar-refractivity contribution in [3.63, 3.8) is 0 Å². The van der Waals surface area contributed by atoms with Crippen molar-refractivity contribution < 1.29 is 73.8 Å². The highest BCUT2D eigenvalue weighted by Crippen LogP contribution is 2.32. The Morgan fingerprint density at radius 1 is 0.364 bits per heavy atom. The van der Waals surface area contributed by atoms with Crippen molar-refractivity contribution in [3.05, 3.63) is 103 Å². The lowest BCUT2D eigenvalue weighted by molar-refractivity contribution is 0.0651. The third kappa shape index (κ3) is 11.1. The molecular weight excluding hydrogens is 871 g/mol. The third-order valence-corrected chi connectivity index (χ3v) is 10.2. The number of benzene rings is 4. The maximum atomic E-state index is 13.4. The van der Waals surface area contributed by atoms with Crippen LogP contribution in [0.15, 0.2) is 36.4 Å². The van der Waals surface area contributed by atoms with Crippen LogP contribution in [0.4, 0.5) is 48.5 Å². The number of urea groups is 3. The number of carboxylic acids is 6. The van der Waals surface area contributed by atoms with Crippen molar-refractivity contribution in [1.29, 1.82) is 0 Å². The molecule has 0 unspecified atom stereocenters. The summed E-state index contributed by atoms with van der Waals surface area (Å²) in [5.74, 6) is -9.46. The predicted octanol–water partition coefficient (Wildman–Crippen LogP) is 4.27. The molecule has 4 aromatic rings. The Morgan fingerprint density at radius 3 is 0.742 bits per heavy atom. The second-order valence-corrected chi connectivity index (χ2v) is 14.1. The summed E-state index contributed by atoms with van der Waals surface area (Å²) >= 11 is 0. The quantitative estimate of drug-likeness (QED) is 0.0619. The van der Waals surface area contributed by atoms with E-state index in [1.165, 1.54) is 0 Å². The summed E-state index contributed by atoms with van der Waals surface area (Å²) in [7, 11) is 0. The molecule has 0 aromatic heterocycles. The molecule has 0 aliphatic heterocycles. The first-order valence-corrected chi connectivity index (χ1v) is 19.6. The van der Waals surface area contributed by atoms with Gasteiger partial charge in [-0.15, -0.1) is 0 Å². The van der Waals surface area contributed by atoms with E-state index in [9.17, 15) is 73.8 Å². The number of nitrogen functional groups attached to an aromatic ring is 3. The van der Waals surface area contributed by atoms with Crippen LogP contribution in [0.3, 0.4) is 0 Å². The van der Waals surface area contributed by atoms with Crippen LogP contribution in [0, 0.1) is 0 Å². The summed E-state index contributed by atoms with van der Waals surface area (Å²) in [5, 5.41) is 72.4. The van der Waals surface area contributed by atoms with Crippen LogP contribution in [0.25, 0.3) is 0 Å². The first-order chi connectivity index (χ1) is 31.0. The number of amides is 6. The fourth-order valence-electron chi connectivity index (χ4n) is 7.25. The minimum Gasteiger partial charge on any atom is -0.478 e. The first kappa shape index (κ1) is 49.6. The van der Waals surface area contributed by atoms with E-state index < -0.39 is 87.3 Å². The van der Waals surface area contributed by atoms with E-state index in [2.05, 4.69) is 31.9 Å². The summed E-state index contributed by atoms with van der Waals surface area (Å²) in [6, 6.07) is 2.67. The van der Waals surface area contributed by atoms with Crippen LogP contribution in [0.1, 0.15) is 116 Å². The van der Waals surface area contributed by atoms with Crippen LogP contribution >= 0.6 is 0 Å². The molecule has 0 aliphatic rings. The zero-order chi connectivity index (χ0) is 49.3. The average molecular weight is 916 g/mol. The van der Waals surface area contributed by atoms with Gasteiger partial charge in [0.25, 0.3) is 0 Å². The molecule has 0 spiro atoms. The van der Waals surface area contributed by atoms with Gasteiger partial charge in [-0.05, 0) is 89.0 Å². The van der Waals surface area contributed by atoms with E-state index in [1.807, 2.05) is 0 Å². The third-order valence-electron chi connectivity index (χ3n) is 10.2. The molecule has 18 N–H and O–H groups in total. The van der Waals surface area contributed by atoms with Gasteiger partial charge in [-0.3, -0.25) is 0 Å². The summed E-state index contributed by atoms with van der Waals surface area (Å²) in [5.41, 5.74) is 16.3. The molecule has 66 heavy (non-hydrogen) atoms. The van der Waals surface area contributed by atoms with Crippen LogP contribution in [0.2, 0.25) is 0 Å². The fraction of sp³-hybridized carbons (Fsp3) is 0.214.